The van der Waals surface area contributed by atoms with Crippen molar-refractivity contribution in [2.75, 3.05) is 18.4 Å². The average molecular weight is 316 g/mol. The van der Waals surface area contributed by atoms with Gasteiger partial charge in [0.2, 0.25) is 0 Å². The Balaban J connectivity index is 1.97. The van der Waals surface area contributed by atoms with E-state index in [1.54, 1.807) is 20.8 Å². The first-order valence-electron chi connectivity index (χ1n) is 7.05. The van der Waals surface area contributed by atoms with Crippen LogP contribution in [-0.2, 0) is 4.74 Å². The molecule has 0 aromatic heterocycles. The Bertz CT molecular complexity index is 573. The molecule has 0 aliphatic carbocycles. The molecule has 1 aromatic carbocycles. The molecular formula is C15H19F3N2O2. The maximum atomic E-state index is 13.6. The number of halogens is 3. The van der Waals surface area contributed by atoms with E-state index in [9.17, 15) is 18.0 Å². The van der Waals surface area contributed by atoms with E-state index in [1.165, 1.54) is 4.90 Å². The van der Waals surface area contributed by atoms with E-state index in [4.69, 9.17) is 4.74 Å². The minimum atomic E-state index is -1.51. The molecule has 1 atom stereocenters. The van der Waals surface area contributed by atoms with Gasteiger partial charge in [-0.3, -0.25) is 0 Å². The number of amides is 1. The molecule has 2 rings (SSSR count). The fourth-order valence-corrected chi connectivity index (χ4v) is 2.23. The summed E-state index contributed by atoms with van der Waals surface area (Å²) in [5.74, 6) is -3.99. The second-order valence-electron chi connectivity index (χ2n) is 6.28. The molecule has 22 heavy (non-hydrogen) atoms. The van der Waals surface area contributed by atoms with Gasteiger partial charge in [-0.25, -0.2) is 18.0 Å². The number of nitrogens with one attached hydrogen (secondary N) is 1. The van der Waals surface area contributed by atoms with Crippen molar-refractivity contribution >= 4 is 11.8 Å². The maximum absolute atomic E-state index is 13.6. The van der Waals surface area contributed by atoms with Gasteiger partial charge in [-0.2, -0.15) is 0 Å². The van der Waals surface area contributed by atoms with Crippen molar-refractivity contribution in [3.05, 3.63) is 29.6 Å². The minimum absolute atomic E-state index is 0.116. The third-order valence-corrected chi connectivity index (χ3v) is 3.23. The lowest BCUT2D eigenvalue weighted by molar-refractivity contribution is 0.0293. The van der Waals surface area contributed by atoms with E-state index in [0.717, 1.165) is 12.1 Å². The number of benzene rings is 1. The lowest BCUT2D eigenvalue weighted by Gasteiger charge is -2.24. The summed E-state index contributed by atoms with van der Waals surface area (Å²) in [5.41, 5.74) is -0.704. The lowest BCUT2D eigenvalue weighted by Crippen LogP contribution is -2.36. The molecule has 1 N–H and O–H groups in total. The largest absolute Gasteiger partial charge is 0.444 e. The summed E-state index contributed by atoms with van der Waals surface area (Å²) in [5, 5.41) is 2.79. The summed E-state index contributed by atoms with van der Waals surface area (Å²) < 4.78 is 44.9. The quantitative estimate of drug-likeness (QED) is 0.849. The van der Waals surface area contributed by atoms with E-state index < -0.39 is 29.1 Å². The van der Waals surface area contributed by atoms with E-state index in [1.807, 2.05) is 0 Å². The molecule has 1 aliphatic heterocycles. The maximum Gasteiger partial charge on any atom is 0.410 e. The van der Waals surface area contributed by atoms with Crippen LogP contribution < -0.4 is 5.32 Å². The van der Waals surface area contributed by atoms with Crippen LogP contribution in [0.15, 0.2) is 12.1 Å². The Kier molecular flexibility index (Phi) is 4.53. The van der Waals surface area contributed by atoms with Gasteiger partial charge in [0.15, 0.2) is 17.5 Å². The summed E-state index contributed by atoms with van der Waals surface area (Å²) in [6.45, 7) is 6.08. The molecule has 0 saturated carbocycles. The van der Waals surface area contributed by atoms with E-state index in [0.29, 0.717) is 19.5 Å². The highest BCUT2D eigenvalue weighted by Crippen LogP contribution is 2.23. The predicted molar refractivity (Wildman–Crippen MR) is 76.2 cm³/mol. The van der Waals surface area contributed by atoms with Crippen LogP contribution >= 0.6 is 0 Å². The predicted octanol–water partition coefficient (Wildman–Crippen LogP) is 3.53. The minimum Gasteiger partial charge on any atom is -0.444 e. The normalized spacial score (nSPS) is 18.5. The van der Waals surface area contributed by atoms with Gasteiger partial charge in [0, 0.05) is 19.1 Å². The zero-order chi connectivity index (χ0) is 16.5. The number of hydrogen-bond donors (Lipinski definition) is 1. The van der Waals surface area contributed by atoms with Gasteiger partial charge in [0.1, 0.15) is 5.60 Å². The number of anilines is 1. The summed E-state index contributed by atoms with van der Waals surface area (Å²) in [6, 6.07) is 1.76. The Hall–Kier alpha value is -1.92. The van der Waals surface area contributed by atoms with E-state index >= 15 is 0 Å². The zero-order valence-electron chi connectivity index (χ0n) is 12.8. The van der Waals surface area contributed by atoms with Crippen molar-refractivity contribution in [3.63, 3.8) is 0 Å². The highest BCUT2D eigenvalue weighted by atomic mass is 19.2. The van der Waals surface area contributed by atoms with Gasteiger partial charge in [0.05, 0.1) is 5.69 Å². The van der Waals surface area contributed by atoms with Crippen LogP contribution in [-0.4, -0.2) is 35.7 Å². The number of rotatable bonds is 2. The lowest BCUT2D eigenvalue weighted by atomic mass is 10.2. The van der Waals surface area contributed by atoms with Crippen molar-refractivity contribution in [1.29, 1.82) is 0 Å². The SMILES string of the molecule is CC(C)(C)OC(=O)N1CCC(Nc2ccc(F)c(F)c2F)C1. The number of ether oxygens (including phenoxy) is 1. The van der Waals surface area contributed by atoms with Crippen molar-refractivity contribution in [3.8, 4) is 0 Å². The molecule has 1 amide bonds. The van der Waals surface area contributed by atoms with Gasteiger partial charge in [-0.05, 0) is 39.3 Å². The molecule has 1 aromatic rings. The van der Waals surface area contributed by atoms with Crippen LogP contribution in [0.1, 0.15) is 27.2 Å². The molecule has 122 valence electrons. The number of nitrogens with zero attached hydrogens (tertiary/aromatic N) is 1. The second kappa shape index (κ2) is 6.06. The highest BCUT2D eigenvalue weighted by Gasteiger charge is 2.30. The van der Waals surface area contributed by atoms with Crippen molar-refractivity contribution in [2.45, 2.75) is 38.8 Å². The summed E-state index contributed by atoms with van der Waals surface area (Å²) in [7, 11) is 0. The topological polar surface area (TPSA) is 41.6 Å². The second-order valence-corrected chi connectivity index (χ2v) is 6.28. The van der Waals surface area contributed by atoms with Crippen LogP contribution in [0, 0.1) is 17.5 Å². The van der Waals surface area contributed by atoms with Crippen LogP contribution in [0.2, 0.25) is 0 Å². The fraction of sp³-hybridized carbons (Fsp3) is 0.533. The molecule has 0 bridgehead atoms. The third kappa shape index (κ3) is 3.84. The molecule has 7 heteroatoms. The Morgan fingerprint density at radius 1 is 1.27 bits per heavy atom. The number of hydrogen-bond acceptors (Lipinski definition) is 3. The first kappa shape index (κ1) is 16.5. The van der Waals surface area contributed by atoms with Crippen LogP contribution in [0.5, 0.6) is 0 Å². The molecule has 1 saturated heterocycles. The standard InChI is InChI=1S/C15H19F3N2O2/c1-15(2,3)22-14(21)20-7-6-9(8-20)19-11-5-4-10(16)12(17)13(11)18/h4-5,9,19H,6-8H2,1-3H3. The molecule has 1 heterocycles. The molecule has 1 unspecified atom stereocenters. The summed E-state index contributed by atoms with van der Waals surface area (Å²) in [6.07, 6.45) is 0.125. The van der Waals surface area contributed by atoms with Crippen LogP contribution in [0.4, 0.5) is 23.7 Å². The number of carbonyl (C=O) groups excluding carboxylic acids is 1. The van der Waals surface area contributed by atoms with Crippen molar-refractivity contribution < 1.29 is 22.7 Å². The molecule has 0 radical (unpaired) electrons. The van der Waals surface area contributed by atoms with Crippen LogP contribution in [0.25, 0.3) is 0 Å². The third-order valence-electron chi connectivity index (χ3n) is 3.23. The number of carbonyl (C=O) groups is 1. The fourth-order valence-electron chi connectivity index (χ4n) is 2.23. The smallest absolute Gasteiger partial charge is 0.410 e. The first-order chi connectivity index (χ1) is 10.2. The molecule has 1 fully saturated rings. The van der Waals surface area contributed by atoms with Crippen molar-refractivity contribution in [2.24, 2.45) is 0 Å². The molecule has 1 aliphatic rings. The monoisotopic (exact) mass is 316 g/mol. The zero-order valence-corrected chi connectivity index (χ0v) is 12.8. The van der Waals surface area contributed by atoms with Gasteiger partial charge in [-0.15, -0.1) is 0 Å². The Morgan fingerprint density at radius 3 is 2.59 bits per heavy atom. The van der Waals surface area contributed by atoms with Gasteiger partial charge in [0.25, 0.3) is 0 Å². The van der Waals surface area contributed by atoms with E-state index in [-0.39, 0.29) is 11.7 Å². The number of likely N-dealkylation sites (tertiary alicyclic amines) is 1. The van der Waals surface area contributed by atoms with Gasteiger partial charge >= 0.3 is 6.09 Å². The van der Waals surface area contributed by atoms with Gasteiger partial charge in [-0.1, -0.05) is 0 Å². The first-order valence-corrected chi connectivity index (χ1v) is 7.05. The summed E-state index contributed by atoms with van der Waals surface area (Å²) >= 11 is 0. The molecular weight excluding hydrogens is 297 g/mol. The molecule has 4 nitrogen and oxygen atoms in total. The van der Waals surface area contributed by atoms with Crippen LogP contribution in [0.3, 0.4) is 0 Å². The average Bonchev–Trinajstić information content (AvgIpc) is 2.86. The Morgan fingerprint density at radius 2 is 1.95 bits per heavy atom. The van der Waals surface area contributed by atoms with E-state index in [2.05, 4.69) is 5.32 Å². The van der Waals surface area contributed by atoms with Gasteiger partial charge < -0.3 is 15.0 Å². The highest BCUT2D eigenvalue weighted by molar-refractivity contribution is 5.68. The Labute approximate surface area is 127 Å². The summed E-state index contributed by atoms with van der Waals surface area (Å²) in [4.78, 5) is 13.4. The molecule has 0 spiro atoms. The van der Waals surface area contributed by atoms with Crippen molar-refractivity contribution in [1.82, 2.24) is 4.90 Å².